The number of rotatable bonds is 73. The van der Waals surface area contributed by atoms with Gasteiger partial charge in [-0.3, -0.25) is 0 Å². The molecule has 7 unspecified atom stereocenters. The molecule has 87 heavy (non-hydrogen) atoms. The van der Waals surface area contributed by atoms with E-state index in [1.165, 1.54) is 13.8 Å². The van der Waals surface area contributed by atoms with Crippen molar-refractivity contribution in [2.45, 2.75) is 91.2 Å². The Bertz CT molecular complexity index is 1350. The molecule has 0 aliphatic rings. The Kier molecular flexibility index (Phi) is 69.1. The molecule has 0 aliphatic heterocycles. The average molecular weight is 1520 g/mol. The van der Waals surface area contributed by atoms with Crippen LogP contribution in [0.15, 0.2) is 0 Å². The molecule has 0 aromatic carbocycles. The third-order valence-electron chi connectivity index (χ3n) is 10.3. The zero-order chi connectivity index (χ0) is 63.9. The van der Waals surface area contributed by atoms with Crippen molar-refractivity contribution >= 4 is 62.2 Å². The summed E-state index contributed by atoms with van der Waals surface area (Å²) in [5, 5.41) is 56.3. The standard InChI is InChI=1S/C52H109Ge4O31/c1-45(38-68-12-8-57)39-74-44-73-27-37-81-54(86-53-79-32-22-64-18-28-75-46(2)40-69-13-9-58)80-33-23-63-16-17-72-43-49(5)78-31-20-66-25-35-83-55(82-34-24-65-19-29-76-47(3)41-70-14-10-59)87-56(85-52(50(6)61)51(7)62)84-36-26-67-21-30-77-48(4)42-71-15-11-60/h45-52,57-62H,8-44H2,1-7H3. The molecule has 0 rings (SSSR count). The van der Waals surface area contributed by atoms with E-state index in [4.69, 9.17) is 128 Å². The van der Waals surface area contributed by atoms with E-state index < -0.39 is 80.5 Å². The van der Waals surface area contributed by atoms with Crippen LogP contribution in [0.3, 0.4) is 0 Å². The van der Waals surface area contributed by atoms with Crippen LogP contribution in [-0.4, -0.2) is 380 Å². The predicted molar refractivity (Wildman–Crippen MR) is 313 cm³/mol. The molecule has 6 N–H and O–H groups in total. The summed E-state index contributed by atoms with van der Waals surface area (Å²) < 4.78 is 143. The predicted octanol–water partition coefficient (Wildman–Crippen LogP) is -1.86. The summed E-state index contributed by atoms with van der Waals surface area (Å²) >= 11 is -11.0. The normalized spacial score (nSPS) is 15.0. The van der Waals surface area contributed by atoms with Crippen molar-refractivity contribution in [2.24, 2.45) is 5.92 Å². The molecule has 0 heterocycles. The fraction of sp³-hybridized carbons (Fsp3) is 1.00. The number of hydrogen-bond acceptors (Lipinski definition) is 31. The second kappa shape index (κ2) is 68.3. The van der Waals surface area contributed by atoms with Crippen LogP contribution in [0.5, 0.6) is 0 Å². The molecule has 0 spiro atoms. The van der Waals surface area contributed by atoms with E-state index in [9.17, 15) is 10.2 Å². The van der Waals surface area contributed by atoms with E-state index in [0.29, 0.717) is 112 Å². The van der Waals surface area contributed by atoms with Crippen molar-refractivity contribution in [3.8, 4) is 0 Å². The van der Waals surface area contributed by atoms with E-state index in [1.807, 2.05) is 34.6 Å². The maximum absolute atomic E-state index is 10.4. The molecule has 0 aliphatic carbocycles. The van der Waals surface area contributed by atoms with Crippen molar-refractivity contribution in [2.75, 3.05) is 245 Å². The molecule has 0 saturated heterocycles. The monoisotopic (exact) mass is 1530 g/mol. The third kappa shape index (κ3) is 62.8. The van der Waals surface area contributed by atoms with Gasteiger partial charge in [0, 0.05) is 0 Å². The van der Waals surface area contributed by atoms with Crippen molar-refractivity contribution in [3.05, 3.63) is 0 Å². The molecule has 0 bridgehead atoms. The quantitative estimate of drug-likeness (QED) is 0.0221. The van der Waals surface area contributed by atoms with E-state index in [2.05, 4.69) is 0 Å². The molecule has 5 radical (unpaired) electrons. The average Bonchev–Trinajstić information content (AvgIpc) is 3.69. The Labute approximate surface area is 539 Å². The topological polar surface area (TPSA) is 352 Å². The summed E-state index contributed by atoms with van der Waals surface area (Å²) in [4.78, 5) is 0. The number of ether oxygens (including phenoxy) is 16. The van der Waals surface area contributed by atoms with Gasteiger partial charge in [-0.25, -0.2) is 0 Å². The van der Waals surface area contributed by atoms with E-state index in [1.54, 1.807) is 0 Å². The van der Waals surface area contributed by atoms with Gasteiger partial charge < -0.3 is 20.4 Å². The van der Waals surface area contributed by atoms with Gasteiger partial charge in [-0.2, -0.15) is 0 Å². The van der Waals surface area contributed by atoms with Crippen molar-refractivity contribution in [3.63, 3.8) is 0 Å². The van der Waals surface area contributed by atoms with Crippen molar-refractivity contribution in [1.29, 1.82) is 0 Å². The fourth-order valence-electron chi connectivity index (χ4n) is 6.20. The third-order valence-corrected chi connectivity index (χ3v) is 24.2. The first-order chi connectivity index (χ1) is 42.4. The molecule has 7 atom stereocenters. The summed E-state index contributed by atoms with van der Waals surface area (Å²) in [6.45, 7) is 21.7. The van der Waals surface area contributed by atoms with E-state index >= 15 is 0 Å². The van der Waals surface area contributed by atoms with Crippen LogP contribution in [0.4, 0.5) is 0 Å². The second-order valence-electron chi connectivity index (χ2n) is 18.8. The Morgan fingerprint density at radius 1 is 0.310 bits per heavy atom. The van der Waals surface area contributed by atoms with Crippen LogP contribution in [-0.2, 0) is 108 Å². The van der Waals surface area contributed by atoms with Crippen molar-refractivity contribution in [1.82, 2.24) is 0 Å². The summed E-state index contributed by atoms with van der Waals surface area (Å²) in [5.74, 6) is 0.150. The Balaban J connectivity index is 4.89. The van der Waals surface area contributed by atoms with Gasteiger partial charge >= 0.3 is 522 Å². The molecule has 0 aromatic heterocycles. The number of aliphatic hydroxyl groups is 6. The Morgan fingerprint density at radius 3 is 1.02 bits per heavy atom. The zero-order valence-corrected chi connectivity index (χ0v) is 61.1. The van der Waals surface area contributed by atoms with Gasteiger partial charge in [0.1, 0.15) is 0 Å². The zero-order valence-electron chi connectivity index (χ0n) is 52.7. The first-order valence-electron chi connectivity index (χ1n) is 29.7. The van der Waals surface area contributed by atoms with Crippen LogP contribution in [0.25, 0.3) is 0 Å². The van der Waals surface area contributed by atoms with Gasteiger partial charge in [0.2, 0.25) is 0 Å². The van der Waals surface area contributed by atoms with Crippen LogP contribution < -0.4 is 0 Å². The van der Waals surface area contributed by atoms with Crippen LogP contribution in [0, 0.1) is 5.92 Å². The van der Waals surface area contributed by atoms with E-state index in [0.717, 1.165) is 0 Å². The SMILES string of the molecule is CC(COCCO)COCOCC[O][Ge]([O]CCOCCOCC(C)OCCOCC[O][Ge]([O]CCOCCOC(C)COCCO)[O][Ge]([O]CCOCCOC(C)COCCO)[O]C(C(C)O)C(C)O)[O][Ge][O]CCOCCOC(C)COCCO. The summed E-state index contributed by atoms with van der Waals surface area (Å²) in [5.41, 5.74) is 0. The molecule has 35 heteroatoms. The summed E-state index contributed by atoms with van der Waals surface area (Å²) in [6, 6.07) is 0. The van der Waals surface area contributed by atoms with Gasteiger partial charge in [-0.05, 0) is 0 Å². The van der Waals surface area contributed by atoms with E-state index in [-0.39, 0.29) is 163 Å². The Morgan fingerprint density at radius 2 is 0.621 bits per heavy atom. The molecular formula is C52H109Ge4O31. The molecule has 0 amide bonds. The summed E-state index contributed by atoms with van der Waals surface area (Å²) in [6.07, 6.45) is -3.77. The minimum absolute atomic E-state index is 0.0226. The minimum Gasteiger partial charge on any atom is -0.394 e. The molecule has 0 saturated carbocycles. The van der Waals surface area contributed by atoms with Gasteiger partial charge in [0.05, 0.1) is 0 Å². The number of hydrogen-bond donors (Lipinski definition) is 6. The molecule has 519 valence electrons. The Hall–Kier alpha value is 0.931. The summed E-state index contributed by atoms with van der Waals surface area (Å²) in [7, 11) is 0. The molecule has 31 nitrogen and oxygen atoms in total. The van der Waals surface area contributed by atoms with Gasteiger partial charge in [0.25, 0.3) is 0 Å². The second-order valence-corrected chi connectivity index (χ2v) is 31.7. The molecular weight excluding hydrogens is 1410 g/mol. The fourth-order valence-corrected chi connectivity index (χ4v) is 18.8. The van der Waals surface area contributed by atoms with Crippen molar-refractivity contribution < 1.29 is 138 Å². The van der Waals surface area contributed by atoms with Gasteiger partial charge in [-0.1, -0.05) is 0 Å². The van der Waals surface area contributed by atoms with Crippen LogP contribution >= 0.6 is 0 Å². The van der Waals surface area contributed by atoms with Crippen LogP contribution in [0.2, 0.25) is 0 Å². The van der Waals surface area contributed by atoms with Crippen LogP contribution in [0.1, 0.15) is 48.5 Å². The molecule has 0 aromatic rings. The van der Waals surface area contributed by atoms with Gasteiger partial charge in [0.15, 0.2) is 0 Å². The molecule has 0 fully saturated rings. The smallest absolute Gasteiger partial charge is 0.394 e. The first kappa shape index (κ1) is 87.9. The number of aliphatic hydroxyl groups excluding tert-OH is 6. The maximum atomic E-state index is 10.4. The first-order valence-corrected chi connectivity index (χ1v) is 39.1. The van der Waals surface area contributed by atoms with Gasteiger partial charge in [-0.15, -0.1) is 0 Å². The minimum atomic E-state index is -3.48.